The van der Waals surface area contributed by atoms with Gasteiger partial charge in [-0.1, -0.05) is 19.1 Å². The Balaban J connectivity index is 2.30. The minimum atomic E-state index is -1.67. The van der Waals surface area contributed by atoms with Crippen LogP contribution in [-0.4, -0.2) is 25.0 Å². The van der Waals surface area contributed by atoms with Crippen molar-refractivity contribution < 1.29 is 13.9 Å². The Bertz CT molecular complexity index is 819. The van der Waals surface area contributed by atoms with Crippen LogP contribution >= 0.6 is 0 Å². The van der Waals surface area contributed by atoms with Gasteiger partial charge in [-0.05, 0) is 31.5 Å². The average molecular weight is 342 g/mol. The second-order valence-corrected chi connectivity index (χ2v) is 6.30. The molecule has 0 bridgehead atoms. The number of benzene rings is 1. The van der Waals surface area contributed by atoms with Gasteiger partial charge in [0.05, 0.1) is 12.1 Å². The maximum Gasteiger partial charge on any atom is 0.293 e. The van der Waals surface area contributed by atoms with Gasteiger partial charge >= 0.3 is 0 Å². The van der Waals surface area contributed by atoms with Gasteiger partial charge in [0.2, 0.25) is 0 Å². The molecule has 0 unspecified atom stereocenters. The molecule has 2 N–H and O–H groups in total. The van der Waals surface area contributed by atoms with Crippen LogP contribution in [0.3, 0.4) is 0 Å². The van der Waals surface area contributed by atoms with E-state index < -0.39 is 28.0 Å². The molecule has 6 nitrogen and oxygen atoms in total. The number of nitriles is 2. The van der Waals surface area contributed by atoms with E-state index in [0.29, 0.717) is 5.56 Å². The molecule has 1 aromatic carbocycles. The third-order valence-electron chi connectivity index (χ3n) is 5.56. The van der Waals surface area contributed by atoms with E-state index in [9.17, 15) is 14.9 Å². The number of ether oxygens (including phenoxy) is 2. The van der Waals surface area contributed by atoms with E-state index in [1.165, 1.54) is 12.1 Å². The van der Waals surface area contributed by atoms with Crippen LogP contribution in [0.4, 0.5) is 4.39 Å². The predicted octanol–water partition coefficient (Wildman–Crippen LogP) is 2.21. The van der Waals surface area contributed by atoms with Gasteiger partial charge in [0.15, 0.2) is 10.8 Å². The molecule has 1 fully saturated rings. The van der Waals surface area contributed by atoms with Crippen LogP contribution in [0.2, 0.25) is 0 Å². The van der Waals surface area contributed by atoms with Crippen molar-refractivity contribution in [3.8, 4) is 12.1 Å². The van der Waals surface area contributed by atoms with Gasteiger partial charge in [-0.3, -0.25) is 0 Å². The largest absolute Gasteiger partial charge is 0.386 e. The molecule has 0 aromatic heterocycles. The first-order chi connectivity index (χ1) is 11.9. The first-order valence-electron chi connectivity index (χ1n) is 8.09. The lowest BCUT2D eigenvalue weighted by molar-refractivity contribution is -0.257. The molecule has 25 heavy (non-hydrogen) atoms. The molecule has 3 rings (SSSR count). The predicted molar refractivity (Wildman–Crippen MR) is 87.4 cm³/mol. The van der Waals surface area contributed by atoms with Crippen LogP contribution in [0.5, 0.6) is 0 Å². The van der Waals surface area contributed by atoms with Crippen molar-refractivity contribution >= 4 is 5.84 Å². The van der Waals surface area contributed by atoms with Gasteiger partial charge in [-0.25, -0.2) is 9.38 Å². The summed E-state index contributed by atoms with van der Waals surface area (Å²) in [6.07, 6.45) is 0. The lowest BCUT2D eigenvalue weighted by Gasteiger charge is -2.34. The number of amidine groups is 1. The van der Waals surface area contributed by atoms with E-state index >= 15 is 0 Å². The fourth-order valence-electron chi connectivity index (χ4n) is 4.50. The smallest absolute Gasteiger partial charge is 0.293 e. The molecule has 0 spiro atoms. The zero-order chi connectivity index (χ0) is 18.5. The summed E-state index contributed by atoms with van der Waals surface area (Å²) in [5.41, 5.74) is 2.84. The number of nitrogens with zero attached hydrogens (tertiary/aromatic N) is 3. The summed E-state index contributed by atoms with van der Waals surface area (Å²) in [7, 11) is 0. The Morgan fingerprint density at radius 3 is 2.12 bits per heavy atom. The molecule has 0 saturated heterocycles. The summed E-state index contributed by atoms with van der Waals surface area (Å²) in [6, 6.07) is 10.1. The molecular formula is C18H19FN4O2. The first kappa shape index (κ1) is 17.3. The van der Waals surface area contributed by atoms with E-state index in [2.05, 4.69) is 17.1 Å². The number of halogens is 1. The van der Waals surface area contributed by atoms with E-state index in [-0.39, 0.29) is 19.0 Å². The third kappa shape index (κ3) is 1.56. The monoisotopic (exact) mass is 342 g/mol. The van der Waals surface area contributed by atoms with Crippen LogP contribution < -0.4 is 5.73 Å². The lowest BCUT2D eigenvalue weighted by atomic mass is 9.84. The number of hydrogen-bond acceptors (Lipinski definition) is 6. The summed E-state index contributed by atoms with van der Waals surface area (Å²) in [5, 5.41) is 20.2. The molecule has 7 heteroatoms. The molecule has 0 radical (unpaired) electrons. The average Bonchev–Trinajstić information content (AvgIpc) is 3.01. The lowest BCUT2D eigenvalue weighted by Crippen LogP contribution is -2.46. The Labute approximate surface area is 145 Å². The van der Waals surface area contributed by atoms with Crippen molar-refractivity contribution in [1.29, 1.82) is 10.5 Å². The molecular weight excluding hydrogens is 323 g/mol. The van der Waals surface area contributed by atoms with Crippen molar-refractivity contribution in [2.75, 3.05) is 13.2 Å². The fourth-order valence-corrected chi connectivity index (χ4v) is 4.50. The Hall–Kier alpha value is -2.48. The summed E-state index contributed by atoms with van der Waals surface area (Å²) in [5.74, 6) is -2.07. The van der Waals surface area contributed by atoms with Crippen LogP contribution in [0.25, 0.3) is 0 Å². The van der Waals surface area contributed by atoms with Crippen molar-refractivity contribution in [2.24, 2.45) is 21.6 Å². The Morgan fingerprint density at radius 2 is 1.68 bits per heavy atom. The van der Waals surface area contributed by atoms with Gasteiger partial charge in [-0.15, -0.1) is 0 Å². The highest BCUT2D eigenvalue weighted by molar-refractivity contribution is 6.02. The minimum Gasteiger partial charge on any atom is -0.386 e. The highest BCUT2D eigenvalue weighted by atomic mass is 19.1. The molecule has 2 aliphatic rings. The number of rotatable bonds is 5. The molecule has 1 heterocycles. The molecule has 1 aliphatic heterocycles. The standard InChI is InChI=1S/C18H19FN4O2/c1-4-24-18(25-5-2)17(11-21)15(3,12-6-8-13(19)9-7-12)16(17,10-20)14(22)23-18/h6-9H,4-5H2,1-3H3,(H2,22,23)/t15-,16-,17+/m0/s1. The SMILES string of the molecule is CCOC1(OCC)N=C(N)[C@@]2(C#N)[C@](C)(c3ccc(F)cc3)[C@@]12C#N. The highest BCUT2D eigenvalue weighted by Gasteiger charge is 2.99. The van der Waals surface area contributed by atoms with E-state index in [4.69, 9.17) is 15.2 Å². The fraction of sp³-hybridized carbons (Fsp3) is 0.500. The van der Waals surface area contributed by atoms with Gasteiger partial charge in [0, 0.05) is 18.6 Å². The number of nitrogens with two attached hydrogens (primary N) is 1. The van der Waals surface area contributed by atoms with Crippen LogP contribution in [0.15, 0.2) is 29.3 Å². The van der Waals surface area contributed by atoms with Crippen molar-refractivity contribution in [3.05, 3.63) is 35.6 Å². The molecule has 1 aromatic rings. The van der Waals surface area contributed by atoms with E-state index in [1.54, 1.807) is 32.9 Å². The molecule has 1 saturated carbocycles. The summed E-state index contributed by atoms with van der Waals surface area (Å²) in [6.45, 7) is 5.70. The van der Waals surface area contributed by atoms with Crippen molar-refractivity contribution in [3.63, 3.8) is 0 Å². The van der Waals surface area contributed by atoms with Crippen molar-refractivity contribution in [1.82, 2.24) is 0 Å². The maximum atomic E-state index is 13.4. The zero-order valence-corrected chi connectivity index (χ0v) is 14.3. The number of fused-ring (bicyclic) bond motifs is 1. The van der Waals surface area contributed by atoms with Crippen LogP contribution in [-0.2, 0) is 14.9 Å². The third-order valence-corrected chi connectivity index (χ3v) is 5.56. The highest BCUT2D eigenvalue weighted by Crippen LogP contribution is 2.85. The summed E-state index contributed by atoms with van der Waals surface area (Å²) in [4.78, 5) is 4.29. The van der Waals surface area contributed by atoms with Gasteiger partial charge < -0.3 is 15.2 Å². The Morgan fingerprint density at radius 1 is 1.12 bits per heavy atom. The van der Waals surface area contributed by atoms with E-state index in [0.717, 1.165) is 0 Å². The molecule has 1 aliphatic carbocycles. The Kier molecular flexibility index (Phi) is 3.65. The van der Waals surface area contributed by atoms with Crippen molar-refractivity contribution in [2.45, 2.75) is 32.1 Å². The summed E-state index contributed by atoms with van der Waals surface area (Å²) < 4.78 is 24.9. The first-order valence-corrected chi connectivity index (χ1v) is 8.09. The molecule has 0 amide bonds. The quantitative estimate of drug-likeness (QED) is 0.826. The zero-order valence-electron chi connectivity index (χ0n) is 14.3. The van der Waals surface area contributed by atoms with Gasteiger partial charge in [0.25, 0.3) is 5.91 Å². The van der Waals surface area contributed by atoms with E-state index in [1.807, 2.05) is 0 Å². The second-order valence-electron chi connectivity index (χ2n) is 6.30. The van der Waals surface area contributed by atoms with Crippen LogP contribution in [0, 0.1) is 39.3 Å². The summed E-state index contributed by atoms with van der Waals surface area (Å²) >= 11 is 0. The molecule has 3 atom stereocenters. The topological polar surface area (TPSA) is 104 Å². The van der Waals surface area contributed by atoms with Gasteiger partial charge in [0.1, 0.15) is 11.7 Å². The second kappa shape index (κ2) is 5.26. The molecule has 130 valence electrons. The maximum absolute atomic E-state index is 13.4. The van der Waals surface area contributed by atoms with Crippen LogP contribution in [0.1, 0.15) is 26.3 Å². The normalized spacial score (nSPS) is 34.6. The minimum absolute atomic E-state index is 0.00488. The number of aliphatic imine (C=N–C) groups is 1. The van der Waals surface area contributed by atoms with Gasteiger partial charge in [-0.2, -0.15) is 10.5 Å². The number of hydrogen-bond donors (Lipinski definition) is 1.